The third kappa shape index (κ3) is 4.41. The van der Waals surface area contributed by atoms with Gasteiger partial charge in [-0.2, -0.15) is 0 Å². The van der Waals surface area contributed by atoms with E-state index < -0.39 is 0 Å². The summed E-state index contributed by atoms with van der Waals surface area (Å²) in [6.45, 7) is 5.51. The van der Waals surface area contributed by atoms with Crippen molar-refractivity contribution in [2.24, 2.45) is 0 Å². The number of phenols is 1. The zero-order chi connectivity index (χ0) is 20.2. The van der Waals surface area contributed by atoms with Crippen molar-refractivity contribution in [1.29, 1.82) is 0 Å². The molecule has 2 heterocycles. The minimum Gasteiger partial charge on any atom is -0.506 e. The van der Waals surface area contributed by atoms with Crippen molar-refractivity contribution in [3.05, 3.63) is 71.8 Å². The fourth-order valence-electron chi connectivity index (χ4n) is 3.41. The summed E-state index contributed by atoms with van der Waals surface area (Å²) in [4.78, 5) is 19.0. The molecular formula is C22H24N4O3. The van der Waals surface area contributed by atoms with E-state index >= 15 is 0 Å². The number of phenolic OH excluding ortho intramolecular Hbond substituents is 1. The first kappa shape index (κ1) is 19.0. The van der Waals surface area contributed by atoms with Gasteiger partial charge in [-0.05, 0) is 42.8 Å². The molecule has 1 saturated heterocycles. The summed E-state index contributed by atoms with van der Waals surface area (Å²) in [5, 5.41) is 13.2. The Morgan fingerprint density at radius 1 is 1.21 bits per heavy atom. The van der Waals surface area contributed by atoms with E-state index in [1.54, 1.807) is 23.0 Å². The highest BCUT2D eigenvalue weighted by molar-refractivity contribution is 5.95. The number of aromatic nitrogens is 2. The molecule has 0 atom stereocenters. The molecule has 0 unspecified atom stereocenters. The molecule has 0 saturated carbocycles. The lowest BCUT2D eigenvalue weighted by molar-refractivity contribution is 0.0950. The maximum atomic E-state index is 12.5. The van der Waals surface area contributed by atoms with Gasteiger partial charge >= 0.3 is 0 Å². The number of hydrogen-bond donors (Lipinski definition) is 2. The van der Waals surface area contributed by atoms with Crippen molar-refractivity contribution in [3.8, 4) is 11.4 Å². The molecule has 29 heavy (non-hydrogen) atoms. The number of aromatic hydroxyl groups is 1. The highest BCUT2D eigenvalue weighted by Crippen LogP contribution is 2.23. The van der Waals surface area contributed by atoms with Gasteiger partial charge in [0.25, 0.3) is 5.91 Å². The Kier molecular flexibility index (Phi) is 5.48. The zero-order valence-electron chi connectivity index (χ0n) is 16.3. The first-order valence-corrected chi connectivity index (χ1v) is 9.64. The van der Waals surface area contributed by atoms with E-state index in [0.717, 1.165) is 43.2 Å². The molecule has 1 aromatic heterocycles. The van der Waals surface area contributed by atoms with Crippen molar-refractivity contribution < 1.29 is 14.6 Å². The molecule has 0 aliphatic carbocycles. The normalized spacial score (nSPS) is 14.0. The molecule has 2 N–H and O–H groups in total. The van der Waals surface area contributed by atoms with Crippen LogP contribution >= 0.6 is 0 Å². The van der Waals surface area contributed by atoms with Gasteiger partial charge in [0.1, 0.15) is 5.75 Å². The smallest absolute Gasteiger partial charge is 0.251 e. The number of benzene rings is 2. The summed E-state index contributed by atoms with van der Waals surface area (Å²) in [6.07, 6.45) is 3.45. The van der Waals surface area contributed by atoms with Gasteiger partial charge in [0.2, 0.25) is 0 Å². The monoisotopic (exact) mass is 392 g/mol. The van der Waals surface area contributed by atoms with Crippen LogP contribution in [0.15, 0.2) is 55.0 Å². The Balaban J connectivity index is 1.41. The van der Waals surface area contributed by atoms with Crippen LogP contribution in [0, 0.1) is 6.92 Å². The summed E-state index contributed by atoms with van der Waals surface area (Å²) in [5.41, 5.74) is 4.01. The average molecular weight is 392 g/mol. The largest absolute Gasteiger partial charge is 0.506 e. The maximum absolute atomic E-state index is 12.5. The van der Waals surface area contributed by atoms with Gasteiger partial charge in [-0.15, -0.1) is 0 Å². The molecule has 1 amide bonds. The van der Waals surface area contributed by atoms with Crippen molar-refractivity contribution in [2.45, 2.75) is 13.5 Å². The number of carbonyl (C=O) groups is 1. The van der Waals surface area contributed by atoms with Gasteiger partial charge in [0.15, 0.2) is 0 Å². The second-order valence-electron chi connectivity index (χ2n) is 7.08. The molecule has 1 aliphatic rings. The molecule has 7 heteroatoms. The van der Waals surface area contributed by atoms with Crippen molar-refractivity contribution in [1.82, 2.24) is 14.9 Å². The van der Waals surface area contributed by atoms with E-state index in [-0.39, 0.29) is 11.7 Å². The van der Waals surface area contributed by atoms with Crippen molar-refractivity contribution in [2.75, 3.05) is 31.2 Å². The number of anilines is 1. The molecular weight excluding hydrogens is 368 g/mol. The lowest BCUT2D eigenvalue weighted by atomic mass is 10.1. The average Bonchev–Trinajstić information content (AvgIpc) is 3.18. The number of aryl methyl sites for hydroxylation is 1. The van der Waals surface area contributed by atoms with Crippen LogP contribution in [0.5, 0.6) is 5.75 Å². The number of nitrogens with one attached hydrogen (secondary N) is 1. The van der Waals surface area contributed by atoms with Crippen LogP contribution < -0.4 is 10.2 Å². The molecule has 7 nitrogen and oxygen atoms in total. The predicted molar refractivity (Wildman–Crippen MR) is 111 cm³/mol. The summed E-state index contributed by atoms with van der Waals surface area (Å²) >= 11 is 0. The number of ether oxygens (including phenoxy) is 1. The number of carbonyl (C=O) groups excluding carboxylic acids is 1. The summed E-state index contributed by atoms with van der Waals surface area (Å²) < 4.78 is 7.13. The second kappa shape index (κ2) is 8.36. The van der Waals surface area contributed by atoms with E-state index in [9.17, 15) is 9.90 Å². The fraction of sp³-hybridized carbons (Fsp3) is 0.273. The summed E-state index contributed by atoms with van der Waals surface area (Å²) in [6, 6.07) is 13.0. The van der Waals surface area contributed by atoms with E-state index in [0.29, 0.717) is 17.8 Å². The van der Waals surface area contributed by atoms with Crippen LogP contribution in [-0.2, 0) is 11.3 Å². The lowest BCUT2D eigenvalue weighted by Gasteiger charge is -2.29. The Hall–Kier alpha value is -3.32. The standard InChI is InChI=1S/C22H24N4O3/c1-16-14-26(15-24-16)20-6-5-18(12-21(20)27)22(28)23-13-17-3-2-4-19(11-17)25-7-9-29-10-8-25/h2-6,11-12,14-15,27H,7-10,13H2,1H3,(H,23,28). The highest BCUT2D eigenvalue weighted by atomic mass is 16.5. The number of hydrogen-bond acceptors (Lipinski definition) is 5. The molecule has 0 radical (unpaired) electrons. The number of imidazole rings is 1. The quantitative estimate of drug-likeness (QED) is 0.698. The van der Waals surface area contributed by atoms with Crippen LogP contribution in [0.3, 0.4) is 0 Å². The van der Waals surface area contributed by atoms with Crippen LogP contribution in [-0.4, -0.2) is 46.9 Å². The first-order chi connectivity index (χ1) is 14.1. The number of nitrogens with zero attached hydrogens (tertiary/aromatic N) is 3. The first-order valence-electron chi connectivity index (χ1n) is 9.64. The SMILES string of the molecule is Cc1cn(-c2ccc(C(=O)NCc3cccc(N4CCOCC4)c3)cc2O)cn1. The molecule has 2 aromatic carbocycles. The predicted octanol–water partition coefficient (Wildman–Crippen LogP) is 2.65. The topological polar surface area (TPSA) is 79.6 Å². The van der Waals surface area contributed by atoms with E-state index in [1.165, 1.54) is 6.07 Å². The van der Waals surface area contributed by atoms with Gasteiger partial charge in [-0.25, -0.2) is 4.98 Å². The van der Waals surface area contributed by atoms with Gasteiger partial charge in [0.05, 0.1) is 30.9 Å². The maximum Gasteiger partial charge on any atom is 0.251 e. The van der Waals surface area contributed by atoms with Crippen molar-refractivity contribution >= 4 is 11.6 Å². The molecule has 1 fully saturated rings. The minimum atomic E-state index is -0.231. The summed E-state index contributed by atoms with van der Waals surface area (Å²) in [7, 11) is 0. The molecule has 0 spiro atoms. The Morgan fingerprint density at radius 2 is 2.03 bits per heavy atom. The van der Waals surface area contributed by atoms with Crippen LogP contribution in [0.1, 0.15) is 21.6 Å². The number of rotatable bonds is 5. The molecule has 0 bridgehead atoms. The minimum absolute atomic E-state index is 0.0318. The highest BCUT2D eigenvalue weighted by Gasteiger charge is 2.13. The molecule has 4 rings (SSSR count). The van der Waals surface area contributed by atoms with Gasteiger partial charge in [-0.3, -0.25) is 4.79 Å². The molecule has 3 aromatic rings. The van der Waals surface area contributed by atoms with Crippen LogP contribution in [0.25, 0.3) is 5.69 Å². The van der Waals surface area contributed by atoms with E-state index in [2.05, 4.69) is 27.3 Å². The van der Waals surface area contributed by atoms with Crippen LogP contribution in [0.4, 0.5) is 5.69 Å². The Morgan fingerprint density at radius 3 is 2.76 bits per heavy atom. The Bertz CT molecular complexity index is 1010. The summed E-state index contributed by atoms with van der Waals surface area (Å²) in [5.74, 6) is -0.199. The lowest BCUT2D eigenvalue weighted by Crippen LogP contribution is -2.36. The van der Waals surface area contributed by atoms with Gasteiger partial charge < -0.3 is 24.6 Å². The van der Waals surface area contributed by atoms with Gasteiger partial charge in [-0.1, -0.05) is 12.1 Å². The number of amides is 1. The molecule has 1 aliphatic heterocycles. The zero-order valence-corrected chi connectivity index (χ0v) is 16.3. The molecule has 150 valence electrons. The third-order valence-corrected chi connectivity index (χ3v) is 4.97. The number of morpholine rings is 1. The second-order valence-corrected chi connectivity index (χ2v) is 7.08. The van der Waals surface area contributed by atoms with Gasteiger partial charge in [0, 0.05) is 37.1 Å². The third-order valence-electron chi connectivity index (χ3n) is 4.97. The fourth-order valence-corrected chi connectivity index (χ4v) is 3.41. The van der Waals surface area contributed by atoms with Crippen molar-refractivity contribution in [3.63, 3.8) is 0 Å². The van der Waals surface area contributed by atoms with E-state index in [4.69, 9.17) is 4.74 Å². The Labute approximate surface area is 169 Å². The van der Waals surface area contributed by atoms with E-state index in [1.807, 2.05) is 25.3 Å². The van der Waals surface area contributed by atoms with Crippen LogP contribution in [0.2, 0.25) is 0 Å².